The number of nitrogens with two attached hydrogens (primary N) is 1. The number of methoxy groups -OCH3 is 1. The predicted molar refractivity (Wildman–Crippen MR) is 130 cm³/mol. The SMILES string of the molecule is COc1cc(CO)ccc1Cc1c(C)nc(N)nc1OS(O)(OC)c1c(C)cc(C)cc1C. The molecule has 2 aromatic carbocycles. The van der Waals surface area contributed by atoms with Crippen molar-refractivity contribution in [2.75, 3.05) is 20.0 Å². The predicted octanol–water partition coefficient (Wildman–Crippen LogP) is 4.58. The first-order valence-corrected chi connectivity index (χ1v) is 11.8. The Labute approximate surface area is 196 Å². The summed E-state index contributed by atoms with van der Waals surface area (Å²) in [6.07, 6.45) is 0.363. The second kappa shape index (κ2) is 9.96. The average molecular weight is 474 g/mol. The van der Waals surface area contributed by atoms with Crippen molar-refractivity contribution in [1.29, 1.82) is 0 Å². The Hall–Kier alpha value is -2.85. The largest absolute Gasteiger partial charge is 0.496 e. The molecule has 33 heavy (non-hydrogen) atoms. The lowest BCUT2D eigenvalue weighted by Gasteiger charge is -2.34. The Morgan fingerprint density at radius 3 is 2.24 bits per heavy atom. The number of rotatable bonds is 8. The molecule has 9 heteroatoms. The minimum atomic E-state index is -3.17. The summed E-state index contributed by atoms with van der Waals surface area (Å²) in [6, 6.07) is 9.40. The van der Waals surface area contributed by atoms with Gasteiger partial charge in [-0.25, -0.2) is 4.98 Å². The van der Waals surface area contributed by atoms with Crippen molar-refractivity contribution in [2.45, 2.75) is 45.6 Å². The minimum Gasteiger partial charge on any atom is -0.496 e. The van der Waals surface area contributed by atoms with E-state index in [1.807, 2.05) is 45.0 Å². The molecule has 1 unspecified atom stereocenters. The third kappa shape index (κ3) is 5.22. The molecule has 0 fully saturated rings. The van der Waals surface area contributed by atoms with Gasteiger partial charge in [0.25, 0.3) is 0 Å². The van der Waals surface area contributed by atoms with Crippen molar-refractivity contribution in [3.63, 3.8) is 0 Å². The molecule has 4 N–H and O–H groups in total. The van der Waals surface area contributed by atoms with E-state index in [1.165, 1.54) is 7.11 Å². The molecule has 0 amide bonds. The molecule has 1 heterocycles. The molecule has 3 aromatic rings. The van der Waals surface area contributed by atoms with Crippen LogP contribution in [0.25, 0.3) is 0 Å². The van der Waals surface area contributed by atoms with Gasteiger partial charge in [0.15, 0.2) is 10.9 Å². The monoisotopic (exact) mass is 473 g/mol. The van der Waals surface area contributed by atoms with Gasteiger partial charge in [-0.15, -0.1) is 0 Å². The van der Waals surface area contributed by atoms with E-state index in [9.17, 15) is 9.66 Å². The molecule has 0 spiro atoms. The Kier molecular flexibility index (Phi) is 7.48. The molecule has 0 radical (unpaired) electrons. The van der Waals surface area contributed by atoms with Crippen LogP contribution >= 0.6 is 10.9 Å². The Morgan fingerprint density at radius 2 is 1.67 bits per heavy atom. The first-order valence-electron chi connectivity index (χ1n) is 10.4. The molecule has 178 valence electrons. The number of aromatic nitrogens is 2. The Balaban J connectivity index is 2.09. The van der Waals surface area contributed by atoms with Gasteiger partial charge in [0.1, 0.15) is 5.75 Å². The normalized spacial score (nSPS) is 13.9. The summed E-state index contributed by atoms with van der Waals surface area (Å²) >= 11 is 0. The van der Waals surface area contributed by atoms with Gasteiger partial charge in [-0.3, -0.25) is 8.74 Å². The number of anilines is 1. The summed E-state index contributed by atoms with van der Waals surface area (Å²) < 4.78 is 28.7. The number of aliphatic hydroxyl groups is 1. The number of nitrogens with zero attached hydrogens (tertiary/aromatic N) is 2. The van der Waals surface area contributed by atoms with Crippen LogP contribution in [0.5, 0.6) is 11.6 Å². The van der Waals surface area contributed by atoms with Crippen molar-refractivity contribution in [1.82, 2.24) is 9.97 Å². The van der Waals surface area contributed by atoms with Crippen LogP contribution in [-0.4, -0.2) is 33.8 Å². The van der Waals surface area contributed by atoms with E-state index in [4.69, 9.17) is 18.8 Å². The topological polar surface area (TPSA) is 120 Å². The summed E-state index contributed by atoms with van der Waals surface area (Å²) in [5.74, 6) is 0.791. The van der Waals surface area contributed by atoms with Crippen molar-refractivity contribution < 1.29 is 22.8 Å². The quantitative estimate of drug-likeness (QED) is 0.435. The van der Waals surface area contributed by atoms with Crippen LogP contribution in [0.4, 0.5) is 5.95 Å². The van der Waals surface area contributed by atoms with E-state index in [2.05, 4.69) is 9.97 Å². The van der Waals surface area contributed by atoms with Gasteiger partial charge >= 0.3 is 0 Å². The van der Waals surface area contributed by atoms with Crippen LogP contribution in [0.2, 0.25) is 0 Å². The number of ether oxygens (including phenoxy) is 1. The van der Waals surface area contributed by atoms with Gasteiger partial charge < -0.3 is 19.8 Å². The van der Waals surface area contributed by atoms with E-state index in [1.54, 1.807) is 20.1 Å². The fourth-order valence-corrected chi connectivity index (χ4v) is 5.53. The zero-order valence-corrected chi connectivity index (χ0v) is 20.6. The number of hydrogen-bond donors (Lipinski definition) is 3. The lowest BCUT2D eigenvalue weighted by Crippen LogP contribution is -2.16. The second-order valence-corrected chi connectivity index (χ2v) is 9.74. The third-order valence-corrected chi connectivity index (χ3v) is 7.37. The second-order valence-electron chi connectivity index (χ2n) is 7.88. The van der Waals surface area contributed by atoms with E-state index in [0.29, 0.717) is 28.3 Å². The van der Waals surface area contributed by atoms with Gasteiger partial charge in [0.2, 0.25) is 11.8 Å². The molecule has 0 aliphatic heterocycles. The van der Waals surface area contributed by atoms with Gasteiger partial charge in [0, 0.05) is 12.0 Å². The maximum absolute atomic E-state index is 11.5. The van der Waals surface area contributed by atoms with Crippen LogP contribution < -0.4 is 14.7 Å². The van der Waals surface area contributed by atoms with Crippen molar-refractivity contribution >= 4 is 16.8 Å². The molecule has 3 rings (SSSR count). The number of nitrogen functional groups attached to an aromatic ring is 1. The highest BCUT2D eigenvalue weighted by molar-refractivity contribution is 8.21. The number of benzene rings is 2. The van der Waals surface area contributed by atoms with Gasteiger partial charge in [-0.1, -0.05) is 29.8 Å². The molecule has 0 aliphatic carbocycles. The number of aryl methyl sites for hydroxylation is 4. The van der Waals surface area contributed by atoms with Gasteiger partial charge in [-0.2, -0.15) is 4.98 Å². The lowest BCUT2D eigenvalue weighted by molar-refractivity contribution is 0.281. The van der Waals surface area contributed by atoms with Crippen LogP contribution in [0.15, 0.2) is 35.2 Å². The van der Waals surface area contributed by atoms with Crippen LogP contribution in [-0.2, 0) is 17.2 Å². The summed E-state index contributed by atoms with van der Waals surface area (Å²) in [5.41, 5.74) is 11.5. The van der Waals surface area contributed by atoms with E-state index in [0.717, 1.165) is 27.8 Å². The zero-order valence-electron chi connectivity index (χ0n) is 19.8. The van der Waals surface area contributed by atoms with Crippen molar-refractivity contribution in [3.8, 4) is 11.6 Å². The maximum Gasteiger partial charge on any atom is 0.239 e. The summed E-state index contributed by atoms with van der Waals surface area (Å²) in [5, 5.41) is 9.43. The molecule has 1 aromatic heterocycles. The Bertz CT molecular complexity index is 1150. The van der Waals surface area contributed by atoms with Crippen molar-refractivity contribution in [2.24, 2.45) is 0 Å². The minimum absolute atomic E-state index is 0.0315. The fourth-order valence-electron chi connectivity index (χ4n) is 3.93. The van der Waals surface area contributed by atoms with Crippen LogP contribution in [0.1, 0.15) is 39.1 Å². The number of hydrogen-bond acceptors (Lipinski definition) is 8. The van der Waals surface area contributed by atoms with Crippen molar-refractivity contribution in [3.05, 3.63) is 69.4 Å². The molecule has 0 saturated carbocycles. The average Bonchev–Trinajstić information content (AvgIpc) is 2.75. The summed E-state index contributed by atoms with van der Waals surface area (Å²) in [4.78, 5) is 9.17. The molecule has 0 saturated heterocycles. The van der Waals surface area contributed by atoms with E-state index in [-0.39, 0.29) is 18.4 Å². The molecule has 8 nitrogen and oxygen atoms in total. The third-order valence-electron chi connectivity index (χ3n) is 5.37. The standard InChI is InChI=1S/C24H31N3O5S/c1-14-9-15(2)22(16(3)10-14)33(29,31-6)32-23-20(17(4)26-24(25)27-23)12-19-8-7-18(13-28)11-21(19)30-5/h7-11,28-29H,12-13H2,1-6H3,(H2,25,26,27). The van der Waals surface area contributed by atoms with Gasteiger partial charge in [-0.05, 0) is 56.0 Å². The first-order chi connectivity index (χ1) is 15.6. The van der Waals surface area contributed by atoms with Crippen LogP contribution in [0.3, 0.4) is 0 Å². The highest BCUT2D eigenvalue weighted by Gasteiger charge is 2.32. The summed E-state index contributed by atoms with van der Waals surface area (Å²) in [7, 11) is -0.197. The summed E-state index contributed by atoms with van der Waals surface area (Å²) in [6.45, 7) is 7.52. The molecular formula is C24H31N3O5S. The Morgan fingerprint density at radius 1 is 1.00 bits per heavy atom. The van der Waals surface area contributed by atoms with Gasteiger partial charge in [0.05, 0.1) is 31.4 Å². The first kappa shape index (κ1) is 24.8. The molecule has 0 bridgehead atoms. The smallest absolute Gasteiger partial charge is 0.239 e. The maximum atomic E-state index is 11.5. The highest BCUT2D eigenvalue weighted by Crippen LogP contribution is 2.56. The fraction of sp³-hybridized carbons (Fsp3) is 0.333. The highest BCUT2D eigenvalue weighted by atomic mass is 32.3. The van der Waals surface area contributed by atoms with E-state index < -0.39 is 10.9 Å². The van der Waals surface area contributed by atoms with Crippen LogP contribution in [0, 0.1) is 27.7 Å². The lowest BCUT2D eigenvalue weighted by atomic mass is 10.0. The van der Waals surface area contributed by atoms with E-state index >= 15 is 0 Å². The molecule has 0 aliphatic rings. The zero-order chi connectivity index (χ0) is 24.3. The molecule has 1 atom stereocenters. The molecular weight excluding hydrogens is 442 g/mol. The number of aliphatic hydroxyl groups excluding tert-OH is 1.